The number of nitrogen functional groups attached to an aromatic ring is 1. The van der Waals surface area contributed by atoms with E-state index >= 15 is 0 Å². The lowest BCUT2D eigenvalue weighted by Gasteiger charge is -2.15. The third-order valence-corrected chi connectivity index (χ3v) is 3.45. The molecule has 0 fully saturated rings. The van der Waals surface area contributed by atoms with Crippen LogP contribution in [0.4, 0.5) is 17.3 Å². The monoisotopic (exact) mass is 335 g/mol. The van der Waals surface area contributed by atoms with Gasteiger partial charge in [-0.3, -0.25) is 0 Å². The van der Waals surface area contributed by atoms with Crippen molar-refractivity contribution in [2.75, 3.05) is 10.7 Å². The maximum Gasteiger partial charge on any atom is 0.148 e. The van der Waals surface area contributed by atoms with E-state index in [-0.39, 0.29) is 5.92 Å². The molecule has 0 atom stereocenters. The van der Waals surface area contributed by atoms with Crippen LogP contribution in [0.2, 0.25) is 0 Å². The summed E-state index contributed by atoms with van der Waals surface area (Å²) in [6.45, 7) is 6.03. The molecular weight excluding hydrogens is 318 g/mol. The first-order chi connectivity index (χ1) is 9.51. The smallest absolute Gasteiger partial charge is 0.148 e. The number of halogens is 1. The van der Waals surface area contributed by atoms with Crippen molar-refractivity contribution in [2.45, 2.75) is 26.7 Å². The Morgan fingerprint density at radius 2 is 1.70 bits per heavy atom. The van der Waals surface area contributed by atoms with E-state index in [2.05, 4.69) is 36.6 Å². The molecule has 0 aliphatic carbocycles. The third-order valence-electron chi connectivity index (χ3n) is 2.92. The van der Waals surface area contributed by atoms with Crippen LogP contribution < -0.4 is 16.6 Å². The number of nitrogens with one attached hydrogen (secondary N) is 2. The summed E-state index contributed by atoms with van der Waals surface area (Å²) in [5.41, 5.74) is 4.48. The average Bonchev–Trinajstić information content (AvgIpc) is 2.43. The summed E-state index contributed by atoms with van der Waals surface area (Å²) in [6, 6.07) is 7.92. The second-order valence-corrected chi connectivity index (χ2v) is 5.75. The molecule has 106 valence electrons. The molecule has 1 aromatic carbocycles. The Balaban J connectivity index is 2.39. The Labute approximate surface area is 127 Å². The molecule has 20 heavy (non-hydrogen) atoms. The second-order valence-electron chi connectivity index (χ2n) is 4.83. The first-order valence-corrected chi connectivity index (χ1v) is 7.18. The van der Waals surface area contributed by atoms with Gasteiger partial charge in [-0.15, -0.1) is 0 Å². The van der Waals surface area contributed by atoms with Crippen molar-refractivity contribution in [3.8, 4) is 0 Å². The van der Waals surface area contributed by atoms with Gasteiger partial charge >= 0.3 is 0 Å². The standard InChI is InChI=1S/C14H18BrN5/c1-8(2)12-18-13(9(3)14(19-12)20-16)17-11-6-4-10(15)5-7-11/h4-8H,16H2,1-3H3,(H2,17,18,19,20). The normalized spacial score (nSPS) is 10.7. The van der Waals surface area contributed by atoms with E-state index in [4.69, 9.17) is 5.84 Å². The summed E-state index contributed by atoms with van der Waals surface area (Å²) in [7, 11) is 0. The highest BCUT2D eigenvalue weighted by molar-refractivity contribution is 9.10. The number of rotatable bonds is 4. The summed E-state index contributed by atoms with van der Waals surface area (Å²) >= 11 is 3.42. The third kappa shape index (κ3) is 3.26. The van der Waals surface area contributed by atoms with Gasteiger partial charge in [0.2, 0.25) is 0 Å². The predicted octanol–water partition coefficient (Wildman–Crippen LogP) is 3.70. The van der Waals surface area contributed by atoms with E-state index in [0.29, 0.717) is 5.82 Å². The molecule has 6 heteroatoms. The van der Waals surface area contributed by atoms with Gasteiger partial charge < -0.3 is 10.7 Å². The fraction of sp³-hybridized carbons (Fsp3) is 0.286. The Hall–Kier alpha value is -1.66. The number of hydrogen-bond acceptors (Lipinski definition) is 5. The molecule has 4 N–H and O–H groups in total. The Bertz CT molecular complexity index is 595. The van der Waals surface area contributed by atoms with E-state index in [0.717, 1.165) is 27.4 Å². The van der Waals surface area contributed by atoms with Gasteiger partial charge in [0.25, 0.3) is 0 Å². The summed E-state index contributed by atoms with van der Waals surface area (Å²) in [4.78, 5) is 8.98. The molecular formula is C14H18BrN5. The molecule has 5 nitrogen and oxygen atoms in total. The number of hydrazine groups is 1. The van der Waals surface area contributed by atoms with Crippen LogP contribution in [-0.4, -0.2) is 9.97 Å². The molecule has 1 heterocycles. The fourth-order valence-corrected chi connectivity index (χ4v) is 1.99. The molecule has 0 aliphatic rings. The van der Waals surface area contributed by atoms with Crippen molar-refractivity contribution in [2.24, 2.45) is 5.84 Å². The van der Waals surface area contributed by atoms with Crippen molar-refractivity contribution in [3.63, 3.8) is 0 Å². The van der Waals surface area contributed by atoms with E-state index < -0.39 is 0 Å². The van der Waals surface area contributed by atoms with Gasteiger partial charge in [-0.2, -0.15) is 0 Å². The zero-order valence-corrected chi connectivity index (χ0v) is 13.3. The molecule has 0 amide bonds. The lowest BCUT2D eigenvalue weighted by molar-refractivity contribution is 0.774. The Kier molecular flexibility index (Phi) is 4.57. The molecule has 2 aromatic rings. The minimum Gasteiger partial charge on any atom is -0.340 e. The Morgan fingerprint density at radius 3 is 2.25 bits per heavy atom. The van der Waals surface area contributed by atoms with Crippen molar-refractivity contribution >= 4 is 33.3 Å². The molecule has 0 spiro atoms. The highest BCUT2D eigenvalue weighted by Crippen LogP contribution is 2.26. The van der Waals surface area contributed by atoms with Crippen LogP contribution in [0.3, 0.4) is 0 Å². The Morgan fingerprint density at radius 1 is 1.10 bits per heavy atom. The molecule has 0 saturated carbocycles. The number of aromatic nitrogens is 2. The first-order valence-electron chi connectivity index (χ1n) is 6.39. The SMILES string of the molecule is Cc1c(NN)nc(C(C)C)nc1Nc1ccc(Br)cc1. The van der Waals surface area contributed by atoms with Gasteiger partial charge in [0.1, 0.15) is 17.5 Å². The van der Waals surface area contributed by atoms with Crippen LogP contribution in [0.5, 0.6) is 0 Å². The molecule has 0 bridgehead atoms. The predicted molar refractivity (Wildman–Crippen MR) is 86.1 cm³/mol. The first kappa shape index (κ1) is 14.7. The van der Waals surface area contributed by atoms with Crippen molar-refractivity contribution in [1.82, 2.24) is 9.97 Å². The minimum absolute atomic E-state index is 0.230. The van der Waals surface area contributed by atoms with Gasteiger partial charge in [-0.25, -0.2) is 15.8 Å². The van der Waals surface area contributed by atoms with Gasteiger partial charge in [-0.1, -0.05) is 29.8 Å². The van der Waals surface area contributed by atoms with Gasteiger partial charge in [-0.05, 0) is 31.2 Å². The average molecular weight is 336 g/mol. The summed E-state index contributed by atoms with van der Waals surface area (Å²) in [6.07, 6.45) is 0. The van der Waals surface area contributed by atoms with Crippen molar-refractivity contribution in [1.29, 1.82) is 0 Å². The molecule has 0 radical (unpaired) electrons. The number of nitrogens with two attached hydrogens (primary N) is 1. The van der Waals surface area contributed by atoms with Crippen molar-refractivity contribution in [3.05, 3.63) is 40.1 Å². The van der Waals surface area contributed by atoms with Crippen LogP contribution >= 0.6 is 15.9 Å². The summed E-state index contributed by atoms with van der Waals surface area (Å²) < 4.78 is 1.04. The lowest BCUT2D eigenvalue weighted by atomic mass is 10.2. The van der Waals surface area contributed by atoms with E-state index in [1.807, 2.05) is 45.0 Å². The molecule has 0 saturated heterocycles. The topological polar surface area (TPSA) is 75.9 Å². The lowest BCUT2D eigenvalue weighted by Crippen LogP contribution is -2.14. The van der Waals surface area contributed by atoms with Gasteiger partial charge in [0.15, 0.2) is 0 Å². The number of hydrogen-bond donors (Lipinski definition) is 3. The number of benzene rings is 1. The van der Waals surface area contributed by atoms with E-state index in [1.165, 1.54) is 0 Å². The van der Waals surface area contributed by atoms with E-state index in [9.17, 15) is 0 Å². The second kappa shape index (κ2) is 6.19. The maximum absolute atomic E-state index is 5.53. The molecule has 0 unspecified atom stereocenters. The molecule has 0 aliphatic heterocycles. The number of nitrogens with zero attached hydrogens (tertiary/aromatic N) is 2. The van der Waals surface area contributed by atoms with Crippen LogP contribution in [0, 0.1) is 6.92 Å². The van der Waals surface area contributed by atoms with Crippen LogP contribution in [-0.2, 0) is 0 Å². The van der Waals surface area contributed by atoms with Crippen molar-refractivity contribution < 1.29 is 0 Å². The highest BCUT2D eigenvalue weighted by atomic mass is 79.9. The summed E-state index contributed by atoms with van der Waals surface area (Å²) in [5, 5.41) is 3.30. The number of anilines is 3. The maximum atomic E-state index is 5.53. The van der Waals surface area contributed by atoms with Crippen LogP contribution in [0.15, 0.2) is 28.7 Å². The minimum atomic E-state index is 0.230. The molecule has 1 aromatic heterocycles. The van der Waals surface area contributed by atoms with E-state index in [1.54, 1.807) is 0 Å². The van der Waals surface area contributed by atoms with Crippen LogP contribution in [0.1, 0.15) is 31.2 Å². The fourth-order valence-electron chi connectivity index (χ4n) is 1.72. The zero-order valence-electron chi connectivity index (χ0n) is 11.7. The largest absolute Gasteiger partial charge is 0.340 e. The molecule has 2 rings (SSSR count). The highest BCUT2D eigenvalue weighted by Gasteiger charge is 2.12. The zero-order chi connectivity index (χ0) is 14.7. The van der Waals surface area contributed by atoms with Gasteiger partial charge in [0, 0.05) is 21.6 Å². The quantitative estimate of drug-likeness (QED) is 0.586. The van der Waals surface area contributed by atoms with Crippen LogP contribution in [0.25, 0.3) is 0 Å². The summed E-state index contributed by atoms with van der Waals surface area (Å²) in [5.74, 6) is 7.92. The van der Waals surface area contributed by atoms with Gasteiger partial charge in [0.05, 0.1) is 0 Å².